The average Bonchev–Trinajstić information content (AvgIpc) is 3.14. The van der Waals surface area contributed by atoms with E-state index in [1.165, 1.54) is 36.3 Å². The summed E-state index contributed by atoms with van der Waals surface area (Å²) in [7, 11) is 0. The van der Waals surface area contributed by atoms with E-state index in [0.717, 1.165) is 29.7 Å². The SMILES string of the molecule is O=C(Nc1ncc(Cc2ccc(F)cc2F)s1)C1CCC(C2CC2)N1. The molecule has 25 heavy (non-hydrogen) atoms. The highest BCUT2D eigenvalue weighted by Gasteiger charge is 2.38. The molecule has 2 aliphatic rings. The van der Waals surface area contributed by atoms with Crippen molar-refractivity contribution in [2.45, 2.75) is 44.2 Å². The first-order chi connectivity index (χ1) is 12.1. The van der Waals surface area contributed by atoms with Crippen LogP contribution in [0.4, 0.5) is 13.9 Å². The van der Waals surface area contributed by atoms with Gasteiger partial charge in [-0.2, -0.15) is 0 Å². The molecule has 7 heteroatoms. The van der Waals surface area contributed by atoms with Gasteiger partial charge in [0, 0.05) is 29.6 Å². The summed E-state index contributed by atoms with van der Waals surface area (Å²) in [5.41, 5.74) is 0.410. The van der Waals surface area contributed by atoms with Crippen molar-refractivity contribution in [1.82, 2.24) is 10.3 Å². The number of thiazole rings is 1. The number of anilines is 1. The Hall–Kier alpha value is -1.86. The summed E-state index contributed by atoms with van der Waals surface area (Å²) in [6.45, 7) is 0. The van der Waals surface area contributed by atoms with Gasteiger partial charge in [0.2, 0.25) is 5.91 Å². The highest BCUT2D eigenvalue weighted by Crippen LogP contribution is 2.37. The molecule has 4 nitrogen and oxygen atoms in total. The Balaban J connectivity index is 1.35. The van der Waals surface area contributed by atoms with Gasteiger partial charge >= 0.3 is 0 Å². The van der Waals surface area contributed by atoms with Crippen LogP contribution in [0.3, 0.4) is 0 Å². The standard InChI is InChI=1S/C18H19F2N3OS/c19-12-4-3-11(14(20)8-12)7-13-9-21-18(25-13)23-17(24)16-6-5-15(22-16)10-1-2-10/h3-4,8-10,15-16,22H,1-2,5-7H2,(H,21,23,24). The topological polar surface area (TPSA) is 54.0 Å². The van der Waals surface area contributed by atoms with Gasteiger partial charge in [0.05, 0.1) is 6.04 Å². The van der Waals surface area contributed by atoms with Gasteiger partial charge in [-0.15, -0.1) is 11.3 Å². The molecule has 2 atom stereocenters. The zero-order valence-corrected chi connectivity index (χ0v) is 14.4. The van der Waals surface area contributed by atoms with Gasteiger partial charge < -0.3 is 10.6 Å². The second-order valence-corrected chi connectivity index (χ2v) is 7.89. The van der Waals surface area contributed by atoms with Gasteiger partial charge in [0.15, 0.2) is 5.13 Å². The number of rotatable bonds is 5. The molecule has 0 bridgehead atoms. The van der Waals surface area contributed by atoms with Crippen molar-refractivity contribution in [3.63, 3.8) is 0 Å². The van der Waals surface area contributed by atoms with E-state index in [4.69, 9.17) is 0 Å². The molecule has 1 aliphatic carbocycles. The predicted molar refractivity (Wildman–Crippen MR) is 92.6 cm³/mol. The summed E-state index contributed by atoms with van der Waals surface area (Å²) >= 11 is 1.32. The van der Waals surface area contributed by atoms with Crippen LogP contribution in [0, 0.1) is 17.6 Å². The van der Waals surface area contributed by atoms with Crippen LogP contribution in [-0.4, -0.2) is 23.0 Å². The van der Waals surface area contributed by atoms with Crippen molar-refractivity contribution in [3.05, 3.63) is 46.5 Å². The third-order valence-electron chi connectivity index (χ3n) is 4.85. The van der Waals surface area contributed by atoms with Crippen LogP contribution in [0.1, 0.15) is 36.1 Å². The molecule has 2 aromatic rings. The number of hydrogen-bond acceptors (Lipinski definition) is 4. The Labute approximate surface area is 148 Å². The molecule has 1 aromatic heterocycles. The fraction of sp³-hybridized carbons (Fsp3) is 0.444. The third-order valence-corrected chi connectivity index (χ3v) is 5.77. The Morgan fingerprint density at radius 2 is 2.12 bits per heavy atom. The molecular weight excluding hydrogens is 344 g/mol. The van der Waals surface area contributed by atoms with E-state index >= 15 is 0 Å². The van der Waals surface area contributed by atoms with Crippen molar-refractivity contribution < 1.29 is 13.6 Å². The highest BCUT2D eigenvalue weighted by atomic mass is 32.1. The first-order valence-corrected chi connectivity index (χ1v) is 9.35. The van der Waals surface area contributed by atoms with Crippen molar-refractivity contribution in [2.24, 2.45) is 5.92 Å². The van der Waals surface area contributed by atoms with E-state index in [-0.39, 0.29) is 11.9 Å². The Morgan fingerprint density at radius 1 is 1.28 bits per heavy atom. The van der Waals surface area contributed by atoms with Crippen molar-refractivity contribution in [2.75, 3.05) is 5.32 Å². The second kappa shape index (κ2) is 6.80. The van der Waals surface area contributed by atoms with Crippen molar-refractivity contribution in [1.29, 1.82) is 0 Å². The molecule has 1 saturated heterocycles. The Morgan fingerprint density at radius 3 is 2.88 bits per heavy atom. The monoisotopic (exact) mass is 363 g/mol. The summed E-state index contributed by atoms with van der Waals surface area (Å²) < 4.78 is 26.7. The molecule has 1 saturated carbocycles. The maximum Gasteiger partial charge on any atom is 0.243 e. The van der Waals surface area contributed by atoms with Crippen LogP contribution in [0.5, 0.6) is 0 Å². The van der Waals surface area contributed by atoms with Gasteiger partial charge in [0.25, 0.3) is 0 Å². The number of halogens is 2. The molecule has 0 spiro atoms. The molecule has 2 heterocycles. The number of nitrogens with one attached hydrogen (secondary N) is 2. The van der Waals surface area contributed by atoms with Gasteiger partial charge in [-0.05, 0) is 43.2 Å². The third kappa shape index (κ3) is 3.88. The van der Waals surface area contributed by atoms with Crippen LogP contribution in [0.2, 0.25) is 0 Å². The number of aromatic nitrogens is 1. The smallest absolute Gasteiger partial charge is 0.243 e. The summed E-state index contributed by atoms with van der Waals surface area (Å²) in [5, 5.41) is 6.77. The van der Waals surface area contributed by atoms with Gasteiger partial charge in [-0.3, -0.25) is 4.79 Å². The molecule has 2 N–H and O–H groups in total. The first-order valence-electron chi connectivity index (χ1n) is 8.54. The molecule has 1 amide bonds. The number of nitrogens with zero attached hydrogens (tertiary/aromatic N) is 1. The van der Waals surface area contributed by atoms with Gasteiger partial charge in [-0.25, -0.2) is 13.8 Å². The van der Waals surface area contributed by atoms with Crippen LogP contribution >= 0.6 is 11.3 Å². The zero-order valence-electron chi connectivity index (χ0n) is 13.6. The first kappa shape index (κ1) is 16.6. The number of hydrogen-bond donors (Lipinski definition) is 2. The molecule has 2 fully saturated rings. The summed E-state index contributed by atoms with van der Waals surface area (Å²) in [6.07, 6.45) is 6.38. The van der Waals surface area contributed by atoms with E-state index in [9.17, 15) is 13.6 Å². The maximum atomic E-state index is 13.7. The normalized spacial score (nSPS) is 23.0. The minimum Gasteiger partial charge on any atom is -0.303 e. The quantitative estimate of drug-likeness (QED) is 0.855. The van der Waals surface area contributed by atoms with Crippen LogP contribution < -0.4 is 10.6 Å². The Bertz CT molecular complexity index is 790. The minimum absolute atomic E-state index is 0.0583. The lowest BCUT2D eigenvalue weighted by Crippen LogP contribution is -2.39. The van der Waals surface area contributed by atoms with E-state index in [1.54, 1.807) is 6.20 Å². The predicted octanol–water partition coefficient (Wildman–Crippen LogP) is 3.48. The van der Waals surface area contributed by atoms with E-state index in [2.05, 4.69) is 15.6 Å². The molecule has 0 radical (unpaired) electrons. The number of carbonyl (C=O) groups is 1. The lowest BCUT2D eigenvalue weighted by molar-refractivity contribution is -0.117. The lowest BCUT2D eigenvalue weighted by atomic mass is 10.1. The Kier molecular flexibility index (Phi) is 4.52. The molecule has 1 aliphatic heterocycles. The number of carbonyl (C=O) groups excluding carboxylic acids is 1. The minimum atomic E-state index is -0.591. The number of amides is 1. The van der Waals surface area contributed by atoms with E-state index in [1.807, 2.05) is 0 Å². The van der Waals surface area contributed by atoms with Crippen LogP contribution in [0.15, 0.2) is 24.4 Å². The van der Waals surface area contributed by atoms with Gasteiger partial charge in [0.1, 0.15) is 11.6 Å². The number of benzene rings is 1. The van der Waals surface area contributed by atoms with E-state index < -0.39 is 11.6 Å². The summed E-state index contributed by atoms with van der Waals surface area (Å²) in [6, 6.07) is 3.87. The van der Waals surface area contributed by atoms with Crippen molar-refractivity contribution >= 4 is 22.4 Å². The summed E-state index contributed by atoms with van der Waals surface area (Å²) in [4.78, 5) is 17.4. The molecule has 4 rings (SSSR count). The second-order valence-electron chi connectivity index (χ2n) is 6.77. The largest absolute Gasteiger partial charge is 0.303 e. The summed E-state index contributed by atoms with van der Waals surface area (Å²) in [5.74, 6) is -0.473. The van der Waals surface area contributed by atoms with Crippen LogP contribution in [0.25, 0.3) is 0 Å². The fourth-order valence-electron chi connectivity index (χ4n) is 3.34. The average molecular weight is 363 g/mol. The molecular formula is C18H19F2N3OS. The van der Waals surface area contributed by atoms with Gasteiger partial charge in [-0.1, -0.05) is 6.07 Å². The highest BCUT2D eigenvalue weighted by molar-refractivity contribution is 7.15. The maximum absolute atomic E-state index is 13.7. The molecule has 1 aromatic carbocycles. The zero-order chi connectivity index (χ0) is 17.4. The molecule has 132 valence electrons. The van der Waals surface area contributed by atoms with E-state index in [0.29, 0.717) is 23.2 Å². The van der Waals surface area contributed by atoms with Crippen molar-refractivity contribution in [3.8, 4) is 0 Å². The molecule has 2 unspecified atom stereocenters. The van der Waals surface area contributed by atoms with Crippen LogP contribution in [-0.2, 0) is 11.2 Å². The fourth-order valence-corrected chi connectivity index (χ4v) is 4.18. The lowest BCUT2D eigenvalue weighted by Gasteiger charge is -2.12.